The van der Waals surface area contributed by atoms with Gasteiger partial charge in [0.05, 0.1) is 11.4 Å². The van der Waals surface area contributed by atoms with Crippen molar-refractivity contribution >= 4 is 28.9 Å². The van der Waals surface area contributed by atoms with Gasteiger partial charge in [-0.15, -0.1) is 0 Å². The van der Waals surface area contributed by atoms with Crippen molar-refractivity contribution in [2.24, 2.45) is 4.99 Å². The molecule has 31 heavy (non-hydrogen) atoms. The molecule has 0 saturated heterocycles. The van der Waals surface area contributed by atoms with E-state index in [1.54, 1.807) is 16.7 Å². The molecule has 156 valence electrons. The van der Waals surface area contributed by atoms with Gasteiger partial charge in [0.1, 0.15) is 12.6 Å². The lowest BCUT2D eigenvalue weighted by molar-refractivity contribution is -0.123. The third kappa shape index (κ3) is 4.12. The van der Waals surface area contributed by atoms with Gasteiger partial charge in [-0.25, -0.2) is 0 Å². The maximum atomic E-state index is 13.3. The van der Waals surface area contributed by atoms with E-state index in [9.17, 15) is 9.59 Å². The van der Waals surface area contributed by atoms with Crippen LogP contribution in [0.15, 0.2) is 89.9 Å². The molecule has 0 N–H and O–H groups in total. The molecule has 1 unspecified atom stereocenters. The summed E-state index contributed by atoms with van der Waals surface area (Å²) in [7, 11) is 0. The first kappa shape index (κ1) is 20.5. The maximum absolute atomic E-state index is 13.3. The predicted molar refractivity (Wildman–Crippen MR) is 125 cm³/mol. The molecule has 5 nitrogen and oxygen atoms in total. The number of hydrogen-bond acceptors (Lipinski definition) is 3. The standard InChI is InChI=1S/C26H25N3O2/c1-3-28(21-14-8-5-9-15-21)24(30)18-29-23-17-11-10-16-22(23)25(27-19(2)26(29)31)20-12-6-4-7-13-20/h4-17,19H,3,18H2,1-2H3. The number of rotatable bonds is 5. The van der Waals surface area contributed by atoms with Crippen LogP contribution in [0.25, 0.3) is 0 Å². The fourth-order valence-electron chi connectivity index (χ4n) is 3.89. The molecular formula is C26H25N3O2. The van der Waals surface area contributed by atoms with Crippen LogP contribution in [-0.4, -0.2) is 36.7 Å². The number of para-hydroxylation sites is 2. The number of amides is 2. The lowest BCUT2D eigenvalue weighted by Gasteiger charge is -2.28. The number of aliphatic imine (C=N–C) groups is 1. The fraction of sp³-hybridized carbons (Fsp3) is 0.192. The second-order valence-corrected chi connectivity index (χ2v) is 7.43. The van der Waals surface area contributed by atoms with Crippen molar-refractivity contribution in [1.29, 1.82) is 0 Å². The molecular weight excluding hydrogens is 386 g/mol. The van der Waals surface area contributed by atoms with E-state index in [4.69, 9.17) is 4.99 Å². The summed E-state index contributed by atoms with van der Waals surface area (Å²) in [5.41, 5.74) is 4.09. The van der Waals surface area contributed by atoms with Crippen molar-refractivity contribution in [3.05, 3.63) is 96.1 Å². The molecule has 1 heterocycles. The molecule has 5 heteroatoms. The molecule has 1 atom stereocenters. The molecule has 0 aromatic heterocycles. The van der Waals surface area contributed by atoms with Gasteiger partial charge in [0.2, 0.25) is 5.91 Å². The van der Waals surface area contributed by atoms with E-state index < -0.39 is 6.04 Å². The SMILES string of the molecule is CCN(C(=O)CN1C(=O)C(C)N=C(c2ccccc2)c2ccccc21)c1ccccc1. The summed E-state index contributed by atoms with van der Waals surface area (Å²) in [5, 5.41) is 0. The highest BCUT2D eigenvalue weighted by atomic mass is 16.2. The Labute approximate surface area is 182 Å². The highest BCUT2D eigenvalue weighted by Gasteiger charge is 2.31. The maximum Gasteiger partial charge on any atom is 0.252 e. The molecule has 3 aromatic rings. The van der Waals surface area contributed by atoms with Crippen molar-refractivity contribution in [1.82, 2.24) is 0 Å². The number of carbonyl (C=O) groups is 2. The van der Waals surface area contributed by atoms with Gasteiger partial charge in [-0.3, -0.25) is 14.6 Å². The zero-order chi connectivity index (χ0) is 21.8. The van der Waals surface area contributed by atoms with Gasteiger partial charge >= 0.3 is 0 Å². The van der Waals surface area contributed by atoms with Crippen molar-refractivity contribution < 1.29 is 9.59 Å². The summed E-state index contributed by atoms with van der Waals surface area (Å²) in [6.07, 6.45) is 0. The van der Waals surface area contributed by atoms with Crippen LogP contribution in [0.1, 0.15) is 25.0 Å². The van der Waals surface area contributed by atoms with E-state index in [1.807, 2.05) is 91.9 Å². The van der Waals surface area contributed by atoms with Crippen LogP contribution < -0.4 is 9.80 Å². The average molecular weight is 412 g/mol. The van der Waals surface area contributed by atoms with Crippen molar-refractivity contribution in [2.45, 2.75) is 19.9 Å². The van der Waals surface area contributed by atoms with Crippen LogP contribution in [0, 0.1) is 0 Å². The smallest absolute Gasteiger partial charge is 0.252 e. The van der Waals surface area contributed by atoms with Crippen molar-refractivity contribution in [3.63, 3.8) is 0 Å². The third-order valence-electron chi connectivity index (χ3n) is 5.42. The number of hydrogen-bond donors (Lipinski definition) is 0. The Bertz CT molecular complexity index is 1110. The largest absolute Gasteiger partial charge is 0.311 e. The quantitative estimate of drug-likeness (QED) is 0.628. The van der Waals surface area contributed by atoms with Crippen LogP contribution in [0.4, 0.5) is 11.4 Å². The molecule has 0 spiro atoms. The summed E-state index contributed by atoms with van der Waals surface area (Å²) >= 11 is 0. The Balaban J connectivity index is 1.73. The van der Waals surface area contributed by atoms with Crippen LogP contribution >= 0.6 is 0 Å². The number of anilines is 2. The number of carbonyl (C=O) groups excluding carboxylic acids is 2. The van der Waals surface area contributed by atoms with Gasteiger partial charge in [-0.1, -0.05) is 66.7 Å². The molecule has 0 fully saturated rings. The minimum absolute atomic E-state index is 0.0412. The molecule has 1 aliphatic rings. The first-order valence-corrected chi connectivity index (χ1v) is 10.5. The Morgan fingerprint density at radius 3 is 2.23 bits per heavy atom. The second kappa shape index (κ2) is 8.96. The summed E-state index contributed by atoms with van der Waals surface area (Å²) in [6.45, 7) is 4.19. The lowest BCUT2D eigenvalue weighted by atomic mass is 10.0. The van der Waals surface area contributed by atoms with Crippen LogP contribution in [0.3, 0.4) is 0 Å². The average Bonchev–Trinajstić information content (AvgIpc) is 2.91. The topological polar surface area (TPSA) is 53.0 Å². The predicted octanol–water partition coefficient (Wildman–Crippen LogP) is 4.31. The van der Waals surface area contributed by atoms with Gasteiger partial charge < -0.3 is 9.80 Å². The summed E-state index contributed by atoms with van der Waals surface area (Å²) in [6, 6.07) is 26.4. The number of benzodiazepines with no additional fused rings is 1. The van der Waals surface area contributed by atoms with E-state index >= 15 is 0 Å². The Kier molecular flexibility index (Phi) is 5.94. The molecule has 0 bridgehead atoms. The molecule has 1 aliphatic heterocycles. The fourth-order valence-corrected chi connectivity index (χ4v) is 3.89. The van der Waals surface area contributed by atoms with E-state index in [1.165, 1.54) is 0 Å². The van der Waals surface area contributed by atoms with Crippen LogP contribution in [0.5, 0.6) is 0 Å². The van der Waals surface area contributed by atoms with Gasteiger partial charge in [0.25, 0.3) is 5.91 Å². The van der Waals surface area contributed by atoms with E-state index in [2.05, 4.69) is 0 Å². The molecule has 4 rings (SSSR count). The summed E-state index contributed by atoms with van der Waals surface area (Å²) in [4.78, 5) is 34.6. The molecule has 3 aromatic carbocycles. The van der Waals surface area contributed by atoms with Crippen molar-refractivity contribution in [2.75, 3.05) is 22.9 Å². The highest BCUT2D eigenvalue weighted by Crippen LogP contribution is 2.29. The van der Waals surface area contributed by atoms with Gasteiger partial charge in [0, 0.05) is 23.4 Å². The molecule has 0 radical (unpaired) electrons. The number of benzene rings is 3. The zero-order valence-electron chi connectivity index (χ0n) is 17.7. The van der Waals surface area contributed by atoms with Gasteiger partial charge in [-0.2, -0.15) is 0 Å². The monoisotopic (exact) mass is 411 g/mol. The summed E-state index contributed by atoms with van der Waals surface area (Å²) < 4.78 is 0. The second-order valence-electron chi connectivity index (χ2n) is 7.43. The first-order valence-electron chi connectivity index (χ1n) is 10.5. The van der Waals surface area contributed by atoms with Crippen molar-refractivity contribution in [3.8, 4) is 0 Å². The number of likely N-dealkylation sites (N-methyl/N-ethyl adjacent to an activating group) is 1. The van der Waals surface area contributed by atoms with Crippen LogP contribution in [-0.2, 0) is 9.59 Å². The highest BCUT2D eigenvalue weighted by molar-refractivity contribution is 6.20. The normalized spacial score (nSPS) is 15.7. The summed E-state index contributed by atoms with van der Waals surface area (Å²) in [5.74, 6) is -0.317. The van der Waals surface area contributed by atoms with E-state index in [0.29, 0.717) is 12.2 Å². The Morgan fingerprint density at radius 2 is 1.55 bits per heavy atom. The van der Waals surface area contributed by atoms with E-state index in [0.717, 1.165) is 22.5 Å². The number of fused-ring (bicyclic) bond motifs is 1. The Hall–Kier alpha value is -3.73. The first-order chi connectivity index (χ1) is 15.1. The Morgan fingerprint density at radius 1 is 0.935 bits per heavy atom. The van der Waals surface area contributed by atoms with E-state index in [-0.39, 0.29) is 18.4 Å². The third-order valence-corrected chi connectivity index (χ3v) is 5.42. The molecule has 0 saturated carbocycles. The molecule has 0 aliphatic carbocycles. The molecule has 2 amide bonds. The zero-order valence-corrected chi connectivity index (χ0v) is 17.7. The number of nitrogens with zero attached hydrogens (tertiary/aromatic N) is 3. The minimum Gasteiger partial charge on any atom is -0.311 e. The van der Waals surface area contributed by atoms with Gasteiger partial charge in [0.15, 0.2) is 0 Å². The minimum atomic E-state index is -0.595. The van der Waals surface area contributed by atoms with Gasteiger partial charge in [-0.05, 0) is 32.0 Å². The lowest BCUT2D eigenvalue weighted by Crippen LogP contribution is -2.45. The van der Waals surface area contributed by atoms with Crippen LogP contribution in [0.2, 0.25) is 0 Å².